The number of hydrogen-bond acceptors (Lipinski definition) is 6. The van der Waals surface area contributed by atoms with Crippen molar-refractivity contribution in [3.63, 3.8) is 0 Å². The van der Waals surface area contributed by atoms with Gasteiger partial charge in [-0.05, 0) is 40.2 Å². The summed E-state index contributed by atoms with van der Waals surface area (Å²) in [5, 5.41) is 5.36. The number of esters is 1. The summed E-state index contributed by atoms with van der Waals surface area (Å²) >= 11 is 3.35. The lowest BCUT2D eigenvalue weighted by Gasteiger charge is -2.28. The summed E-state index contributed by atoms with van der Waals surface area (Å²) in [5.74, 6) is 0.684. The first-order chi connectivity index (χ1) is 9.51. The maximum Gasteiger partial charge on any atom is 0.326 e. The molecule has 1 aromatic heterocycles. The minimum absolute atomic E-state index is 0.163. The zero-order chi connectivity index (χ0) is 15.0. The average Bonchev–Trinajstić information content (AvgIpc) is 2.82. The van der Waals surface area contributed by atoms with Crippen molar-refractivity contribution in [2.45, 2.75) is 50.4 Å². The van der Waals surface area contributed by atoms with Crippen molar-refractivity contribution in [2.24, 2.45) is 0 Å². The number of nitrogens with one attached hydrogen (secondary N) is 1. The van der Waals surface area contributed by atoms with Crippen LogP contribution in [0.2, 0.25) is 0 Å². The van der Waals surface area contributed by atoms with E-state index in [4.69, 9.17) is 4.74 Å². The number of carbonyl (C=O) groups is 1. The van der Waals surface area contributed by atoms with Crippen LogP contribution in [0.25, 0.3) is 0 Å². The molecule has 0 radical (unpaired) electrons. The van der Waals surface area contributed by atoms with Crippen LogP contribution in [0.5, 0.6) is 0 Å². The first-order valence-corrected chi connectivity index (χ1v) is 8.85. The molecule has 20 heavy (non-hydrogen) atoms. The second-order valence-electron chi connectivity index (χ2n) is 4.83. The molecular formula is C14H24N2O2S2. The van der Waals surface area contributed by atoms with Crippen molar-refractivity contribution in [1.29, 1.82) is 0 Å². The predicted molar refractivity (Wildman–Crippen MR) is 85.5 cm³/mol. The molecule has 1 unspecified atom stereocenters. The molecule has 0 aliphatic carbocycles. The molecule has 0 fully saturated rings. The van der Waals surface area contributed by atoms with Crippen molar-refractivity contribution in [3.05, 3.63) is 11.1 Å². The van der Waals surface area contributed by atoms with Crippen LogP contribution in [0.3, 0.4) is 0 Å². The van der Waals surface area contributed by atoms with Gasteiger partial charge in [0.2, 0.25) is 0 Å². The molecule has 0 bridgehead atoms. The summed E-state index contributed by atoms with van der Waals surface area (Å²) in [6.45, 7) is 9.08. The van der Waals surface area contributed by atoms with E-state index >= 15 is 0 Å². The number of hydrogen-bond donors (Lipinski definition) is 1. The fourth-order valence-electron chi connectivity index (χ4n) is 1.70. The molecule has 0 saturated heterocycles. The van der Waals surface area contributed by atoms with Crippen LogP contribution >= 0.6 is 23.1 Å². The van der Waals surface area contributed by atoms with Gasteiger partial charge in [0.15, 0.2) is 0 Å². The van der Waals surface area contributed by atoms with Gasteiger partial charge in [-0.1, -0.05) is 18.7 Å². The molecule has 6 heteroatoms. The average molecular weight is 316 g/mol. The number of thioether (sulfide) groups is 1. The molecule has 0 amide bonds. The van der Waals surface area contributed by atoms with E-state index in [1.807, 2.05) is 26.2 Å². The van der Waals surface area contributed by atoms with Gasteiger partial charge in [-0.15, -0.1) is 11.3 Å². The third-order valence-electron chi connectivity index (χ3n) is 2.92. The lowest BCUT2D eigenvalue weighted by atomic mass is 9.99. The van der Waals surface area contributed by atoms with Crippen LogP contribution in [-0.4, -0.2) is 35.4 Å². The van der Waals surface area contributed by atoms with Crippen LogP contribution in [0, 0.1) is 6.92 Å². The Hall–Kier alpha value is -0.590. The summed E-state index contributed by atoms with van der Waals surface area (Å²) in [6, 6.07) is 0. The maximum absolute atomic E-state index is 12.1. The van der Waals surface area contributed by atoms with E-state index in [0.29, 0.717) is 6.61 Å². The highest BCUT2D eigenvalue weighted by atomic mass is 32.2. The molecule has 0 aliphatic rings. The zero-order valence-electron chi connectivity index (χ0n) is 12.7. The number of ether oxygens (including phenoxy) is 1. The Bertz CT molecular complexity index is 423. The molecular weight excluding hydrogens is 292 g/mol. The molecule has 1 aromatic rings. The molecule has 4 nitrogen and oxygen atoms in total. The first-order valence-electron chi connectivity index (χ1n) is 6.99. The van der Waals surface area contributed by atoms with Crippen LogP contribution in [0.15, 0.2) is 9.72 Å². The molecule has 114 valence electrons. The fraction of sp³-hybridized carbons (Fsp3) is 0.714. The summed E-state index contributed by atoms with van der Waals surface area (Å²) < 4.78 is 6.25. The molecule has 0 aromatic carbocycles. The summed E-state index contributed by atoms with van der Waals surface area (Å²) in [5.41, 5.74) is 0.445. The minimum Gasteiger partial charge on any atom is -0.465 e. The number of carbonyl (C=O) groups excluding carboxylic acids is 1. The van der Waals surface area contributed by atoms with E-state index in [0.717, 1.165) is 35.2 Å². The van der Waals surface area contributed by atoms with Gasteiger partial charge in [-0.3, -0.25) is 4.79 Å². The highest BCUT2D eigenvalue weighted by Crippen LogP contribution is 2.25. The molecule has 1 rings (SSSR count). The Morgan fingerprint density at radius 1 is 1.55 bits per heavy atom. The third-order valence-corrected chi connectivity index (χ3v) is 5.06. The second kappa shape index (κ2) is 8.64. The van der Waals surface area contributed by atoms with E-state index in [1.165, 1.54) is 0 Å². The van der Waals surface area contributed by atoms with Crippen molar-refractivity contribution >= 4 is 29.1 Å². The molecule has 0 aliphatic heterocycles. The van der Waals surface area contributed by atoms with Crippen molar-refractivity contribution in [1.82, 2.24) is 10.3 Å². The lowest BCUT2D eigenvalue weighted by Crippen LogP contribution is -2.51. The van der Waals surface area contributed by atoms with Crippen molar-refractivity contribution in [3.8, 4) is 0 Å². The smallest absolute Gasteiger partial charge is 0.326 e. The van der Waals surface area contributed by atoms with Gasteiger partial charge in [-0.2, -0.15) is 0 Å². The molecule has 0 saturated carbocycles. The first kappa shape index (κ1) is 17.5. The van der Waals surface area contributed by atoms with E-state index in [2.05, 4.69) is 17.2 Å². The topological polar surface area (TPSA) is 51.2 Å². The Balaban J connectivity index is 2.53. The fourth-order valence-corrected chi connectivity index (χ4v) is 3.78. The van der Waals surface area contributed by atoms with Crippen LogP contribution < -0.4 is 5.32 Å². The molecule has 1 heterocycles. The number of aromatic nitrogens is 1. The van der Waals surface area contributed by atoms with Crippen molar-refractivity contribution in [2.75, 3.05) is 18.9 Å². The summed E-state index contributed by atoms with van der Waals surface area (Å²) in [7, 11) is 0. The molecule has 0 spiro atoms. The van der Waals surface area contributed by atoms with Crippen LogP contribution in [0.1, 0.15) is 39.3 Å². The van der Waals surface area contributed by atoms with Crippen LogP contribution in [-0.2, 0) is 9.53 Å². The SMILES string of the molecule is CCCNC(C)(CCSc1nc(C)cs1)C(=O)OCC. The highest BCUT2D eigenvalue weighted by molar-refractivity contribution is 8.01. The molecule has 1 N–H and O–H groups in total. The van der Waals surface area contributed by atoms with Gasteiger partial charge in [0, 0.05) is 16.8 Å². The largest absolute Gasteiger partial charge is 0.465 e. The van der Waals surface area contributed by atoms with E-state index in [1.54, 1.807) is 23.1 Å². The lowest BCUT2D eigenvalue weighted by molar-refractivity contribution is -0.150. The predicted octanol–water partition coefficient (Wildman–Crippen LogP) is 3.26. The molecule has 1 atom stereocenters. The summed E-state index contributed by atoms with van der Waals surface area (Å²) in [4.78, 5) is 16.5. The standard InChI is InChI=1S/C14H24N2O2S2/c1-5-8-15-14(4,12(17)18-6-2)7-9-19-13-16-11(3)10-20-13/h10,15H,5-9H2,1-4H3. The number of nitrogens with zero attached hydrogens (tertiary/aromatic N) is 1. The Morgan fingerprint density at radius 2 is 2.30 bits per heavy atom. The van der Waals surface area contributed by atoms with Gasteiger partial charge >= 0.3 is 5.97 Å². The van der Waals surface area contributed by atoms with Crippen molar-refractivity contribution < 1.29 is 9.53 Å². The van der Waals surface area contributed by atoms with E-state index in [-0.39, 0.29) is 5.97 Å². The summed E-state index contributed by atoms with van der Waals surface area (Å²) in [6.07, 6.45) is 1.73. The zero-order valence-corrected chi connectivity index (χ0v) is 14.3. The Labute approximate surface area is 129 Å². The van der Waals surface area contributed by atoms with Gasteiger partial charge < -0.3 is 10.1 Å². The number of aryl methyl sites for hydroxylation is 1. The van der Waals surface area contributed by atoms with E-state index in [9.17, 15) is 4.79 Å². The Morgan fingerprint density at radius 3 is 2.85 bits per heavy atom. The monoisotopic (exact) mass is 316 g/mol. The number of thiazole rings is 1. The van der Waals surface area contributed by atoms with E-state index < -0.39 is 5.54 Å². The van der Waals surface area contributed by atoms with Gasteiger partial charge in [-0.25, -0.2) is 4.98 Å². The van der Waals surface area contributed by atoms with Gasteiger partial charge in [0.1, 0.15) is 9.88 Å². The normalized spacial score (nSPS) is 14.0. The second-order valence-corrected chi connectivity index (χ2v) is 7.03. The maximum atomic E-state index is 12.1. The van der Waals surface area contributed by atoms with Crippen LogP contribution in [0.4, 0.5) is 0 Å². The minimum atomic E-state index is -0.606. The number of rotatable bonds is 9. The van der Waals surface area contributed by atoms with Gasteiger partial charge in [0.05, 0.1) is 6.61 Å². The quantitative estimate of drug-likeness (QED) is 0.560. The van der Waals surface area contributed by atoms with Gasteiger partial charge in [0.25, 0.3) is 0 Å². The highest BCUT2D eigenvalue weighted by Gasteiger charge is 2.33. The Kier molecular flexibility index (Phi) is 7.55. The third kappa shape index (κ3) is 5.42.